The van der Waals surface area contributed by atoms with Crippen LogP contribution in [0.25, 0.3) is 0 Å². The van der Waals surface area contributed by atoms with Crippen molar-refractivity contribution in [1.82, 2.24) is 4.90 Å². The number of rotatable bonds is 3. The van der Waals surface area contributed by atoms with Gasteiger partial charge in [-0.05, 0) is 37.5 Å². The molecule has 17 heavy (non-hydrogen) atoms. The zero-order chi connectivity index (χ0) is 12.4. The second-order valence-corrected chi connectivity index (χ2v) is 5.00. The number of halogens is 1. The van der Waals surface area contributed by atoms with Gasteiger partial charge in [0, 0.05) is 12.1 Å². The molecule has 0 radical (unpaired) electrons. The zero-order valence-corrected chi connectivity index (χ0v) is 11.0. The molecule has 3 nitrogen and oxygen atoms in total. The molecule has 1 atom stereocenters. The van der Waals surface area contributed by atoms with Gasteiger partial charge in [0.2, 0.25) is 0 Å². The molecule has 1 unspecified atom stereocenters. The van der Waals surface area contributed by atoms with Crippen LogP contribution in [0.3, 0.4) is 0 Å². The summed E-state index contributed by atoms with van der Waals surface area (Å²) in [5.41, 5.74) is 7.12. The molecule has 1 aromatic rings. The van der Waals surface area contributed by atoms with Gasteiger partial charge in [0.15, 0.2) is 5.96 Å². The van der Waals surface area contributed by atoms with Crippen molar-refractivity contribution in [3.8, 4) is 0 Å². The van der Waals surface area contributed by atoms with Crippen molar-refractivity contribution in [2.75, 3.05) is 7.05 Å². The number of guanidine groups is 1. The molecular formula is C13H18ClN3. The van der Waals surface area contributed by atoms with Crippen molar-refractivity contribution in [3.63, 3.8) is 0 Å². The molecule has 92 valence electrons. The van der Waals surface area contributed by atoms with Crippen LogP contribution in [-0.4, -0.2) is 23.9 Å². The Kier molecular flexibility index (Phi) is 3.57. The summed E-state index contributed by atoms with van der Waals surface area (Å²) in [5, 5.41) is 0.750. The number of nitrogens with zero attached hydrogens (tertiary/aromatic N) is 2. The molecule has 1 saturated carbocycles. The molecule has 4 heteroatoms. The minimum Gasteiger partial charge on any atom is -0.370 e. The highest BCUT2D eigenvalue weighted by Gasteiger charge is 2.22. The van der Waals surface area contributed by atoms with E-state index in [1.807, 2.05) is 30.1 Å². The predicted molar refractivity (Wildman–Crippen MR) is 72.3 cm³/mol. The van der Waals surface area contributed by atoms with Crippen molar-refractivity contribution in [2.45, 2.75) is 31.8 Å². The molecule has 2 N–H and O–H groups in total. The van der Waals surface area contributed by atoms with Crippen molar-refractivity contribution >= 4 is 17.6 Å². The Morgan fingerprint density at radius 1 is 1.53 bits per heavy atom. The van der Waals surface area contributed by atoms with Crippen LogP contribution in [0.2, 0.25) is 5.02 Å². The number of hydrogen-bond acceptors (Lipinski definition) is 1. The Balaban J connectivity index is 2.10. The summed E-state index contributed by atoms with van der Waals surface area (Å²) in [6.45, 7) is 2.10. The quantitative estimate of drug-likeness (QED) is 0.663. The van der Waals surface area contributed by atoms with Gasteiger partial charge in [-0.15, -0.1) is 0 Å². The first-order valence-corrected chi connectivity index (χ1v) is 6.27. The number of aliphatic imine (C=N–C) groups is 1. The predicted octanol–water partition coefficient (Wildman–Crippen LogP) is 2.81. The van der Waals surface area contributed by atoms with Crippen LogP contribution in [0.5, 0.6) is 0 Å². The van der Waals surface area contributed by atoms with Crippen LogP contribution >= 0.6 is 11.6 Å². The van der Waals surface area contributed by atoms with Gasteiger partial charge in [-0.2, -0.15) is 0 Å². The first kappa shape index (κ1) is 12.2. The Hall–Kier alpha value is -1.22. The minimum atomic E-state index is 0.177. The first-order chi connectivity index (χ1) is 8.08. The molecule has 0 bridgehead atoms. The van der Waals surface area contributed by atoms with Gasteiger partial charge in [-0.1, -0.05) is 23.7 Å². The van der Waals surface area contributed by atoms with Crippen molar-refractivity contribution in [1.29, 1.82) is 0 Å². The standard InChI is InChI=1S/C13H18ClN3/c1-9(10-4-3-5-11(14)8-10)17(2)13(15)16-12-6-7-12/h3-5,8-9,12H,6-7H2,1-2H3,(H2,15,16). The lowest BCUT2D eigenvalue weighted by Crippen LogP contribution is -2.36. The molecule has 0 aromatic heterocycles. The van der Waals surface area contributed by atoms with Crippen LogP contribution in [0, 0.1) is 0 Å². The van der Waals surface area contributed by atoms with E-state index in [1.165, 1.54) is 12.8 Å². The van der Waals surface area contributed by atoms with Crippen LogP contribution < -0.4 is 5.73 Å². The van der Waals surface area contributed by atoms with Crippen LogP contribution in [0.4, 0.5) is 0 Å². The van der Waals surface area contributed by atoms with Crippen molar-refractivity contribution in [3.05, 3.63) is 34.9 Å². The van der Waals surface area contributed by atoms with Gasteiger partial charge >= 0.3 is 0 Å². The molecule has 0 saturated heterocycles. The Morgan fingerprint density at radius 3 is 2.82 bits per heavy atom. The molecule has 1 aromatic carbocycles. The van der Waals surface area contributed by atoms with E-state index in [4.69, 9.17) is 17.3 Å². The summed E-state index contributed by atoms with van der Waals surface area (Å²) in [6.07, 6.45) is 2.33. The Labute approximate surface area is 107 Å². The molecule has 2 rings (SSSR count). The lowest BCUT2D eigenvalue weighted by molar-refractivity contribution is 0.396. The molecule has 0 amide bonds. The second kappa shape index (κ2) is 4.96. The summed E-state index contributed by atoms with van der Waals surface area (Å²) in [7, 11) is 1.97. The van der Waals surface area contributed by atoms with Gasteiger partial charge in [0.1, 0.15) is 0 Å². The van der Waals surface area contributed by atoms with E-state index in [-0.39, 0.29) is 6.04 Å². The first-order valence-electron chi connectivity index (χ1n) is 5.89. The fraction of sp³-hybridized carbons (Fsp3) is 0.462. The molecule has 1 fully saturated rings. The average Bonchev–Trinajstić information content (AvgIpc) is 3.11. The third kappa shape index (κ3) is 3.13. The van der Waals surface area contributed by atoms with Gasteiger partial charge < -0.3 is 10.6 Å². The monoisotopic (exact) mass is 251 g/mol. The summed E-state index contributed by atoms with van der Waals surface area (Å²) >= 11 is 5.99. The SMILES string of the molecule is CC(c1cccc(Cl)c1)N(C)C(N)=NC1CC1. The molecule has 0 heterocycles. The van der Waals surface area contributed by atoms with E-state index in [0.29, 0.717) is 12.0 Å². The fourth-order valence-corrected chi connectivity index (χ4v) is 1.87. The highest BCUT2D eigenvalue weighted by atomic mass is 35.5. The third-order valence-electron chi connectivity index (χ3n) is 3.14. The molecule has 0 spiro atoms. The lowest BCUT2D eigenvalue weighted by atomic mass is 10.1. The van der Waals surface area contributed by atoms with Gasteiger partial charge in [0.05, 0.1) is 12.1 Å². The number of nitrogens with two attached hydrogens (primary N) is 1. The summed E-state index contributed by atoms with van der Waals surface area (Å²) in [4.78, 5) is 6.43. The normalized spacial score (nSPS) is 17.9. The smallest absolute Gasteiger partial charge is 0.191 e. The maximum atomic E-state index is 5.99. The van der Waals surface area contributed by atoms with E-state index >= 15 is 0 Å². The maximum Gasteiger partial charge on any atom is 0.191 e. The average molecular weight is 252 g/mol. The summed E-state index contributed by atoms with van der Waals surface area (Å²) in [6, 6.07) is 8.47. The van der Waals surface area contributed by atoms with E-state index in [0.717, 1.165) is 10.6 Å². The molecule has 1 aliphatic carbocycles. The Bertz CT molecular complexity index is 426. The third-order valence-corrected chi connectivity index (χ3v) is 3.37. The van der Waals surface area contributed by atoms with E-state index < -0.39 is 0 Å². The fourth-order valence-electron chi connectivity index (χ4n) is 1.67. The van der Waals surface area contributed by atoms with E-state index in [2.05, 4.69) is 18.0 Å². The molecule has 0 aliphatic heterocycles. The van der Waals surface area contributed by atoms with E-state index in [9.17, 15) is 0 Å². The number of benzene rings is 1. The number of hydrogen-bond donors (Lipinski definition) is 1. The zero-order valence-electron chi connectivity index (χ0n) is 10.2. The summed E-state index contributed by atoms with van der Waals surface area (Å²) in [5.74, 6) is 0.611. The highest BCUT2D eigenvalue weighted by Crippen LogP contribution is 2.25. The Morgan fingerprint density at radius 2 is 2.24 bits per heavy atom. The van der Waals surface area contributed by atoms with Crippen LogP contribution in [0.15, 0.2) is 29.3 Å². The van der Waals surface area contributed by atoms with Gasteiger partial charge in [-0.3, -0.25) is 0 Å². The van der Waals surface area contributed by atoms with Crippen molar-refractivity contribution < 1.29 is 0 Å². The second-order valence-electron chi connectivity index (χ2n) is 4.56. The van der Waals surface area contributed by atoms with Gasteiger partial charge in [-0.25, -0.2) is 4.99 Å². The minimum absolute atomic E-state index is 0.177. The van der Waals surface area contributed by atoms with Gasteiger partial charge in [0.25, 0.3) is 0 Å². The molecule has 1 aliphatic rings. The van der Waals surface area contributed by atoms with E-state index in [1.54, 1.807) is 0 Å². The highest BCUT2D eigenvalue weighted by molar-refractivity contribution is 6.30. The largest absolute Gasteiger partial charge is 0.370 e. The van der Waals surface area contributed by atoms with Crippen molar-refractivity contribution in [2.24, 2.45) is 10.7 Å². The summed E-state index contributed by atoms with van der Waals surface area (Å²) < 4.78 is 0. The van der Waals surface area contributed by atoms with Crippen LogP contribution in [-0.2, 0) is 0 Å². The maximum absolute atomic E-state index is 5.99. The lowest BCUT2D eigenvalue weighted by Gasteiger charge is -2.26. The topological polar surface area (TPSA) is 41.6 Å². The molecular weight excluding hydrogens is 234 g/mol. The van der Waals surface area contributed by atoms with Crippen LogP contribution in [0.1, 0.15) is 31.4 Å².